The van der Waals surface area contributed by atoms with Crippen LogP contribution in [0.3, 0.4) is 0 Å². The van der Waals surface area contributed by atoms with Crippen LogP contribution in [0.25, 0.3) is 0 Å². The molecule has 0 atom stereocenters. The van der Waals surface area contributed by atoms with E-state index < -0.39 is 10.0 Å². The summed E-state index contributed by atoms with van der Waals surface area (Å²) in [6.45, 7) is 4.54. The number of aromatic nitrogens is 1. The van der Waals surface area contributed by atoms with E-state index in [-0.39, 0.29) is 10.3 Å². The van der Waals surface area contributed by atoms with E-state index >= 15 is 0 Å². The van der Waals surface area contributed by atoms with Crippen molar-refractivity contribution in [2.24, 2.45) is 5.41 Å². The highest BCUT2D eigenvalue weighted by atomic mass is 79.9. The maximum Gasteiger partial charge on any atom is 0.242 e. The fourth-order valence-corrected chi connectivity index (χ4v) is 3.00. The Kier molecular flexibility index (Phi) is 5.75. The van der Waals surface area contributed by atoms with Gasteiger partial charge in [0.05, 0.1) is 0 Å². The lowest BCUT2D eigenvalue weighted by atomic mass is 9.88. The van der Waals surface area contributed by atoms with Gasteiger partial charge in [0.25, 0.3) is 0 Å². The molecule has 0 aromatic carbocycles. The Morgan fingerprint density at radius 1 is 1.44 bits per heavy atom. The summed E-state index contributed by atoms with van der Waals surface area (Å²) < 4.78 is 26.6. The maximum atomic E-state index is 12.0. The van der Waals surface area contributed by atoms with Gasteiger partial charge in [-0.3, -0.25) is 4.98 Å². The van der Waals surface area contributed by atoms with Crippen LogP contribution in [0.5, 0.6) is 0 Å². The molecule has 0 amide bonds. The van der Waals surface area contributed by atoms with Gasteiger partial charge in [-0.1, -0.05) is 29.8 Å². The summed E-state index contributed by atoms with van der Waals surface area (Å²) in [6, 6.07) is 3.16. The Labute approximate surface area is 117 Å². The van der Waals surface area contributed by atoms with Gasteiger partial charge in [0, 0.05) is 24.3 Å². The first kappa shape index (κ1) is 15.6. The summed E-state index contributed by atoms with van der Waals surface area (Å²) in [4.78, 5) is 4.03. The Balaban J connectivity index is 2.63. The molecule has 0 unspecified atom stereocenters. The molecule has 1 N–H and O–H groups in total. The maximum absolute atomic E-state index is 12.0. The molecule has 6 heteroatoms. The van der Waals surface area contributed by atoms with E-state index in [1.807, 2.05) is 0 Å². The summed E-state index contributed by atoms with van der Waals surface area (Å²) in [5.74, 6) is 0. The average Bonchev–Trinajstić information content (AvgIpc) is 2.36. The third-order valence-electron chi connectivity index (χ3n) is 2.67. The van der Waals surface area contributed by atoms with Crippen molar-refractivity contribution < 1.29 is 8.42 Å². The molecule has 0 aliphatic carbocycles. The number of pyridine rings is 1. The highest BCUT2D eigenvalue weighted by molar-refractivity contribution is 9.09. The lowest BCUT2D eigenvalue weighted by Gasteiger charge is -2.24. The Morgan fingerprint density at radius 3 is 2.72 bits per heavy atom. The topological polar surface area (TPSA) is 59.1 Å². The quantitative estimate of drug-likeness (QED) is 0.779. The molecule has 0 saturated heterocycles. The first-order valence-corrected chi connectivity index (χ1v) is 8.43. The molecule has 0 bridgehead atoms. The van der Waals surface area contributed by atoms with Crippen LogP contribution in [0.1, 0.15) is 26.7 Å². The van der Waals surface area contributed by atoms with Crippen molar-refractivity contribution in [1.82, 2.24) is 9.71 Å². The van der Waals surface area contributed by atoms with Gasteiger partial charge in [0.1, 0.15) is 4.90 Å². The molecule has 0 spiro atoms. The summed E-state index contributed by atoms with van der Waals surface area (Å²) in [6.07, 6.45) is 4.90. The number of alkyl halides is 1. The van der Waals surface area contributed by atoms with Gasteiger partial charge >= 0.3 is 0 Å². The number of rotatable bonds is 7. The van der Waals surface area contributed by atoms with Crippen molar-refractivity contribution in [3.63, 3.8) is 0 Å². The van der Waals surface area contributed by atoms with E-state index in [9.17, 15) is 8.42 Å². The van der Waals surface area contributed by atoms with Crippen molar-refractivity contribution >= 4 is 26.0 Å². The van der Waals surface area contributed by atoms with Gasteiger partial charge in [0.15, 0.2) is 0 Å². The van der Waals surface area contributed by atoms with Crippen molar-refractivity contribution in [2.75, 3.05) is 11.9 Å². The molecule has 1 rings (SSSR count). The predicted octanol–water partition coefficient (Wildman–Crippen LogP) is 2.56. The van der Waals surface area contributed by atoms with Gasteiger partial charge in [0.2, 0.25) is 10.0 Å². The molecular formula is C12H19BrN2O2S. The van der Waals surface area contributed by atoms with E-state index in [0.717, 1.165) is 18.2 Å². The molecule has 0 radical (unpaired) electrons. The van der Waals surface area contributed by atoms with E-state index in [0.29, 0.717) is 6.54 Å². The number of halogens is 1. The number of hydrogen-bond donors (Lipinski definition) is 1. The van der Waals surface area contributed by atoms with Gasteiger partial charge < -0.3 is 0 Å². The van der Waals surface area contributed by atoms with Crippen LogP contribution in [0.4, 0.5) is 0 Å². The number of sulfonamides is 1. The summed E-state index contributed by atoms with van der Waals surface area (Å²) in [5, 5.41) is 0.936. The fraction of sp³-hybridized carbons (Fsp3) is 0.583. The Hall–Kier alpha value is -0.460. The molecule has 1 heterocycles. The molecule has 0 fully saturated rings. The van der Waals surface area contributed by atoms with Crippen LogP contribution >= 0.6 is 15.9 Å². The van der Waals surface area contributed by atoms with Crippen LogP contribution in [0, 0.1) is 5.41 Å². The van der Waals surface area contributed by atoms with Crippen molar-refractivity contribution in [1.29, 1.82) is 0 Å². The number of nitrogens with one attached hydrogen (secondary N) is 1. The Morgan fingerprint density at radius 2 is 2.17 bits per heavy atom. The molecular weight excluding hydrogens is 316 g/mol. The van der Waals surface area contributed by atoms with Gasteiger partial charge in [-0.05, 0) is 30.4 Å². The zero-order valence-corrected chi connectivity index (χ0v) is 13.1. The second kappa shape index (κ2) is 6.63. The van der Waals surface area contributed by atoms with E-state index in [1.165, 1.54) is 6.20 Å². The van der Waals surface area contributed by atoms with Gasteiger partial charge in [-0.25, -0.2) is 13.1 Å². The third-order valence-corrected chi connectivity index (χ3v) is 4.62. The van der Waals surface area contributed by atoms with E-state index in [2.05, 4.69) is 39.5 Å². The minimum absolute atomic E-state index is 0.0525. The molecule has 1 aromatic heterocycles. The van der Waals surface area contributed by atoms with Crippen LogP contribution in [0.2, 0.25) is 0 Å². The van der Waals surface area contributed by atoms with E-state index in [1.54, 1.807) is 18.3 Å². The molecule has 102 valence electrons. The molecule has 1 aromatic rings. The number of nitrogens with zero attached hydrogens (tertiary/aromatic N) is 1. The first-order chi connectivity index (χ1) is 8.37. The largest absolute Gasteiger partial charge is 0.263 e. The minimum atomic E-state index is -3.44. The molecule has 0 aliphatic rings. The standard InChI is InChI=1S/C12H19BrN2O2S/c1-12(2,6-4-7-13)10-15-18(16,17)11-5-3-8-14-9-11/h3,5,8-9,15H,4,6-7,10H2,1-2H3. The lowest BCUT2D eigenvalue weighted by molar-refractivity contribution is 0.332. The monoisotopic (exact) mass is 334 g/mol. The molecule has 18 heavy (non-hydrogen) atoms. The van der Waals surface area contributed by atoms with Crippen molar-refractivity contribution in [2.45, 2.75) is 31.6 Å². The molecule has 0 saturated carbocycles. The molecule has 0 aliphatic heterocycles. The first-order valence-electron chi connectivity index (χ1n) is 5.83. The Bertz CT molecular complexity index is 460. The van der Waals surface area contributed by atoms with E-state index in [4.69, 9.17) is 0 Å². The van der Waals surface area contributed by atoms with Crippen LogP contribution in [-0.2, 0) is 10.0 Å². The van der Waals surface area contributed by atoms with Crippen LogP contribution in [-0.4, -0.2) is 25.3 Å². The van der Waals surface area contributed by atoms with Crippen molar-refractivity contribution in [3.8, 4) is 0 Å². The number of hydrogen-bond acceptors (Lipinski definition) is 3. The van der Waals surface area contributed by atoms with Crippen LogP contribution in [0.15, 0.2) is 29.4 Å². The summed E-state index contributed by atoms with van der Waals surface area (Å²) >= 11 is 3.38. The van der Waals surface area contributed by atoms with Crippen molar-refractivity contribution in [3.05, 3.63) is 24.5 Å². The fourth-order valence-electron chi connectivity index (χ4n) is 1.51. The molecule has 4 nitrogen and oxygen atoms in total. The summed E-state index contributed by atoms with van der Waals surface area (Å²) in [5.41, 5.74) is -0.0525. The lowest BCUT2D eigenvalue weighted by Crippen LogP contribution is -2.34. The smallest absolute Gasteiger partial charge is 0.242 e. The zero-order chi connectivity index (χ0) is 13.6. The highest BCUT2D eigenvalue weighted by Gasteiger charge is 2.21. The average molecular weight is 335 g/mol. The SMILES string of the molecule is CC(C)(CCCBr)CNS(=O)(=O)c1cccnc1. The highest BCUT2D eigenvalue weighted by Crippen LogP contribution is 2.22. The predicted molar refractivity (Wildman–Crippen MR) is 76.2 cm³/mol. The third kappa shape index (κ3) is 5.04. The van der Waals surface area contributed by atoms with Gasteiger partial charge in [-0.15, -0.1) is 0 Å². The zero-order valence-electron chi connectivity index (χ0n) is 10.7. The normalized spacial score (nSPS) is 12.6. The minimum Gasteiger partial charge on any atom is -0.263 e. The summed E-state index contributed by atoms with van der Waals surface area (Å²) in [7, 11) is -3.44. The second-order valence-electron chi connectivity index (χ2n) is 4.97. The van der Waals surface area contributed by atoms with Gasteiger partial charge in [-0.2, -0.15) is 0 Å². The second-order valence-corrected chi connectivity index (χ2v) is 7.53. The van der Waals surface area contributed by atoms with Crippen LogP contribution < -0.4 is 4.72 Å².